The van der Waals surface area contributed by atoms with Crippen molar-refractivity contribution >= 4 is 17.5 Å². The van der Waals surface area contributed by atoms with Crippen LogP contribution in [0.4, 0.5) is 5.69 Å². The standard InChI is InChI=1S/C25H27N3O2/c1-3-19-6-5-7-23(22(19)4-2)28-24(29)13-10-18-8-11-20(12-9-18)25(30)27-21-14-16-26-17-15-21/h3-4,8-9,11-12,14-17,23H,1-2,5-7,10,13H2,(H,28,29)(H,26,27,30). The van der Waals surface area contributed by atoms with Crippen molar-refractivity contribution in [2.24, 2.45) is 0 Å². The molecule has 1 aliphatic rings. The molecule has 1 aromatic heterocycles. The van der Waals surface area contributed by atoms with Crippen LogP contribution in [-0.4, -0.2) is 22.8 Å². The molecule has 0 bridgehead atoms. The summed E-state index contributed by atoms with van der Waals surface area (Å²) in [5.74, 6) is -0.159. The van der Waals surface area contributed by atoms with Gasteiger partial charge < -0.3 is 10.6 Å². The molecule has 2 N–H and O–H groups in total. The summed E-state index contributed by atoms with van der Waals surface area (Å²) in [5, 5.41) is 5.96. The molecule has 1 unspecified atom stereocenters. The first-order valence-electron chi connectivity index (χ1n) is 10.2. The van der Waals surface area contributed by atoms with Crippen LogP contribution in [0.15, 0.2) is 85.2 Å². The summed E-state index contributed by atoms with van der Waals surface area (Å²) in [4.78, 5) is 28.7. The zero-order valence-corrected chi connectivity index (χ0v) is 17.1. The number of pyridine rings is 1. The number of amides is 2. The Kier molecular flexibility index (Phi) is 7.33. The first-order valence-corrected chi connectivity index (χ1v) is 10.2. The average molecular weight is 402 g/mol. The summed E-state index contributed by atoms with van der Waals surface area (Å²) in [5.41, 5.74) is 4.53. The number of aryl methyl sites for hydroxylation is 1. The number of rotatable bonds is 8. The zero-order chi connectivity index (χ0) is 21.3. The van der Waals surface area contributed by atoms with E-state index in [4.69, 9.17) is 0 Å². The minimum absolute atomic E-state index is 0.0102. The van der Waals surface area contributed by atoms with Gasteiger partial charge in [0, 0.05) is 30.1 Å². The second kappa shape index (κ2) is 10.3. The van der Waals surface area contributed by atoms with Crippen LogP contribution >= 0.6 is 0 Å². The fraction of sp³-hybridized carbons (Fsp3) is 0.240. The molecule has 2 amide bonds. The third-order valence-corrected chi connectivity index (χ3v) is 5.28. The van der Waals surface area contributed by atoms with Crippen molar-refractivity contribution in [2.45, 2.75) is 38.1 Å². The van der Waals surface area contributed by atoms with Gasteiger partial charge >= 0.3 is 0 Å². The molecule has 0 saturated carbocycles. The number of carbonyl (C=O) groups is 2. The summed E-state index contributed by atoms with van der Waals surface area (Å²) >= 11 is 0. The molecule has 1 aromatic carbocycles. The largest absolute Gasteiger partial charge is 0.349 e. The van der Waals surface area contributed by atoms with Gasteiger partial charge in [-0.2, -0.15) is 0 Å². The van der Waals surface area contributed by atoms with Gasteiger partial charge in [0.05, 0.1) is 6.04 Å². The molecule has 3 rings (SSSR count). The van der Waals surface area contributed by atoms with Gasteiger partial charge in [0.1, 0.15) is 0 Å². The highest BCUT2D eigenvalue weighted by atomic mass is 16.2. The molecule has 1 heterocycles. The highest BCUT2D eigenvalue weighted by molar-refractivity contribution is 6.04. The molecule has 154 valence electrons. The van der Waals surface area contributed by atoms with Gasteiger partial charge in [0.15, 0.2) is 0 Å². The number of anilines is 1. The monoisotopic (exact) mass is 401 g/mol. The molecule has 5 nitrogen and oxygen atoms in total. The molecule has 0 aliphatic heterocycles. The van der Waals surface area contributed by atoms with E-state index in [9.17, 15) is 9.59 Å². The molecule has 1 atom stereocenters. The van der Waals surface area contributed by atoms with Gasteiger partial charge in [-0.25, -0.2) is 0 Å². The Bertz CT molecular complexity index is 946. The van der Waals surface area contributed by atoms with Crippen LogP contribution in [0, 0.1) is 0 Å². The Morgan fingerprint density at radius 1 is 1.07 bits per heavy atom. The average Bonchev–Trinajstić information content (AvgIpc) is 2.78. The smallest absolute Gasteiger partial charge is 0.255 e. The predicted molar refractivity (Wildman–Crippen MR) is 120 cm³/mol. The minimum atomic E-state index is -0.176. The SMILES string of the molecule is C=CC1=C(C=C)C(NC(=O)CCc2ccc(C(=O)Nc3ccncc3)cc2)CCC1. The van der Waals surface area contributed by atoms with Crippen molar-refractivity contribution in [3.63, 3.8) is 0 Å². The maximum atomic E-state index is 12.5. The summed E-state index contributed by atoms with van der Waals surface area (Å²) < 4.78 is 0. The van der Waals surface area contributed by atoms with E-state index in [1.165, 1.54) is 5.57 Å². The Hall–Kier alpha value is -3.47. The van der Waals surface area contributed by atoms with Gasteiger partial charge in [0.25, 0.3) is 5.91 Å². The first kappa shape index (κ1) is 21.2. The lowest BCUT2D eigenvalue weighted by Gasteiger charge is -2.26. The number of hydrogen-bond acceptors (Lipinski definition) is 3. The molecule has 1 aliphatic carbocycles. The summed E-state index contributed by atoms with van der Waals surface area (Å²) in [6.07, 6.45) is 10.9. The molecule has 0 fully saturated rings. The van der Waals surface area contributed by atoms with Crippen LogP contribution in [0.5, 0.6) is 0 Å². The fourth-order valence-electron chi connectivity index (χ4n) is 3.65. The topological polar surface area (TPSA) is 71.1 Å². The Labute approximate surface area is 177 Å². The maximum Gasteiger partial charge on any atom is 0.255 e. The summed E-state index contributed by atoms with van der Waals surface area (Å²) in [6, 6.07) is 10.8. The van der Waals surface area contributed by atoms with Crippen molar-refractivity contribution in [1.82, 2.24) is 10.3 Å². The molecule has 30 heavy (non-hydrogen) atoms. The van der Waals surface area contributed by atoms with E-state index in [0.717, 1.165) is 30.4 Å². The number of carbonyl (C=O) groups excluding carboxylic acids is 2. The second-order valence-corrected chi connectivity index (χ2v) is 7.29. The van der Waals surface area contributed by atoms with Gasteiger partial charge in [-0.3, -0.25) is 14.6 Å². The Morgan fingerprint density at radius 2 is 1.80 bits per heavy atom. The molecule has 0 spiro atoms. The van der Waals surface area contributed by atoms with Gasteiger partial charge in [-0.15, -0.1) is 0 Å². The zero-order valence-electron chi connectivity index (χ0n) is 17.1. The van der Waals surface area contributed by atoms with Crippen LogP contribution in [-0.2, 0) is 11.2 Å². The summed E-state index contributed by atoms with van der Waals surface area (Å²) in [7, 11) is 0. The van der Waals surface area contributed by atoms with E-state index in [2.05, 4.69) is 28.8 Å². The van der Waals surface area contributed by atoms with Crippen LogP contribution < -0.4 is 10.6 Å². The summed E-state index contributed by atoms with van der Waals surface area (Å²) in [6.45, 7) is 7.76. The number of benzene rings is 1. The lowest BCUT2D eigenvalue weighted by molar-refractivity contribution is -0.121. The van der Waals surface area contributed by atoms with Crippen LogP contribution in [0.3, 0.4) is 0 Å². The van der Waals surface area contributed by atoms with E-state index < -0.39 is 0 Å². The van der Waals surface area contributed by atoms with Gasteiger partial charge in [-0.05, 0) is 66.7 Å². The number of hydrogen-bond donors (Lipinski definition) is 2. The van der Waals surface area contributed by atoms with Crippen molar-refractivity contribution in [1.29, 1.82) is 0 Å². The Morgan fingerprint density at radius 3 is 2.47 bits per heavy atom. The highest BCUT2D eigenvalue weighted by Crippen LogP contribution is 2.26. The van der Waals surface area contributed by atoms with Crippen molar-refractivity contribution in [2.75, 3.05) is 5.32 Å². The number of allylic oxidation sites excluding steroid dienone is 2. The molecular formula is C25H27N3O2. The van der Waals surface area contributed by atoms with Gasteiger partial charge in [-0.1, -0.05) is 37.4 Å². The molecule has 0 radical (unpaired) electrons. The predicted octanol–water partition coefficient (Wildman–Crippen LogP) is 4.60. The lowest BCUT2D eigenvalue weighted by atomic mass is 9.87. The van der Waals surface area contributed by atoms with E-state index in [1.54, 1.807) is 36.7 Å². The van der Waals surface area contributed by atoms with Crippen LogP contribution in [0.25, 0.3) is 0 Å². The van der Waals surface area contributed by atoms with E-state index >= 15 is 0 Å². The number of nitrogens with one attached hydrogen (secondary N) is 2. The quantitative estimate of drug-likeness (QED) is 0.679. The third kappa shape index (κ3) is 5.54. The third-order valence-electron chi connectivity index (χ3n) is 5.28. The number of nitrogens with zero attached hydrogens (tertiary/aromatic N) is 1. The van der Waals surface area contributed by atoms with Crippen molar-refractivity contribution < 1.29 is 9.59 Å². The molecule has 0 saturated heterocycles. The van der Waals surface area contributed by atoms with Crippen LogP contribution in [0.1, 0.15) is 41.6 Å². The lowest BCUT2D eigenvalue weighted by Crippen LogP contribution is -2.37. The first-order chi connectivity index (χ1) is 14.6. The highest BCUT2D eigenvalue weighted by Gasteiger charge is 2.21. The fourth-order valence-corrected chi connectivity index (χ4v) is 3.65. The maximum absolute atomic E-state index is 12.5. The molecule has 5 heteroatoms. The number of aromatic nitrogens is 1. The van der Waals surface area contributed by atoms with E-state index in [0.29, 0.717) is 24.1 Å². The van der Waals surface area contributed by atoms with E-state index in [-0.39, 0.29) is 17.9 Å². The minimum Gasteiger partial charge on any atom is -0.349 e. The van der Waals surface area contributed by atoms with Gasteiger partial charge in [0.2, 0.25) is 5.91 Å². The normalized spacial score (nSPS) is 15.9. The molecule has 2 aromatic rings. The van der Waals surface area contributed by atoms with Crippen molar-refractivity contribution in [3.05, 3.63) is 96.4 Å². The Balaban J connectivity index is 1.52. The van der Waals surface area contributed by atoms with Crippen LogP contribution in [0.2, 0.25) is 0 Å². The second-order valence-electron chi connectivity index (χ2n) is 7.29. The van der Waals surface area contributed by atoms with Crippen molar-refractivity contribution in [3.8, 4) is 0 Å². The van der Waals surface area contributed by atoms with E-state index in [1.807, 2.05) is 24.3 Å². The molecular weight excluding hydrogens is 374 g/mol.